The van der Waals surface area contributed by atoms with E-state index in [9.17, 15) is 4.79 Å². The van der Waals surface area contributed by atoms with Crippen molar-refractivity contribution in [3.8, 4) is 29.4 Å². The highest BCUT2D eigenvalue weighted by molar-refractivity contribution is 6.35. The zero-order chi connectivity index (χ0) is 17.4. The van der Waals surface area contributed by atoms with Crippen LogP contribution in [0.1, 0.15) is 13.3 Å². The number of carbonyl (C=O) groups is 1. The Hall–Kier alpha value is -2.42. The number of halogens is 2. The SMILES string of the molecule is CCC(=O)OCC#COc1ccc(Oc2ncc(Cl)cc2Cl)cc1. The molecule has 0 N–H and O–H groups in total. The van der Waals surface area contributed by atoms with Gasteiger partial charge in [-0.25, -0.2) is 4.98 Å². The van der Waals surface area contributed by atoms with E-state index in [1.807, 2.05) is 0 Å². The van der Waals surface area contributed by atoms with E-state index >= 15 is 0 Å². The largest absolute Gasteiger partial charge is 0.452 e. The van der Waals surface area contributed by atoms with Gasteiger partial charge in [-0.2, -0.15) is 0 Å². The van der Waals surface area contributed by atoms with Gasteiger partial charge in [-0.05, 0) is 36.3 Å². The van der Waals surface area contributed by atoms with Crippen molar-refractivity contribution >= 4 is 29.2 Å². The van der Waals surface area contributed by atoms with Crippen molar-refractivity contribution in [3.63, 3.8) is 0 Å². The third-order valence-corrected chi connectivity index (χ3v) is 3.12. The van der Waals surface area contributed by atoms with Gasteiger partial charge in [0.15, 0.2) is 6.61 Å². The summed E-state index contributed by atoms with van der Waals surface area (Å²) in [6, 6.07) is 8.25. The first-order chi connectivity index (χ1) is 11.6. The van der Waals surface area contributed by atoms with E-state index in [0.29, 0.717) is 28.0 Å². The highest BCUT2D eigenvalue weighted by atomic mass is 35.5. The molecule has 0 unspecified atom stereocenters. The fourth-order valence-electron chi connectivity index (χ4n) is 1.51. The molecule has 0 aliphatic carbocycles. The van der Waals surface area contributed by atoms with Gasteiger partial charge in [0.2, 0.25) is 5.88 Å². The second-order valence-electron chi connectivity index (χ2n) is 4.41. The molecule has 0 aliphatic heterocycles. The van der Waals surface area contributed by atoms with Gasteiger partial charge in [0.05, 0.1) is 5.02 Å². The minimum atomic E-state index is -0.305. The quantitative estimate of drug-likeness (QED) is 0.577. The molecule has 0 radical (unpaired) electrons. The standard InChI is InChI=1S/C17H13Cl2NO4/c1-2-16(21)23-9-3-8-22-13-4-6-14(7-5-13)24-17-15(19)10-12(18)11-20-17/h4-7,10-11H,2,9H2,1H3. The number of benzene rings is 1. The fourth-order valence-corrected chi connectivity index (χ4v) is 1.93. The van der Waals surface area contributed by atoms with Crippen LogP contribution in [-0.4, -0.2) is 17.6 Å². The van der Waals surface area contributed by atoms with E-state index < -0.39 is 0 Å². The van der Waals surface area contributed by atoms with E-state index in [4.69, 9.17) is 37.4 Å². The Balaban J connectivity index is 1.89. The lowest BCUT2D eigenvalue weighted by atomic mass is 10.3. The summed E-state index contributed by atoms with van der Waals surface area (Å²) in [5, 5.41) is 0.745. The van der Waals surface area contributed by atoms with Crippen molar-refractivity contribution in [3.05, 3.63) is 46.6 Å². The Labute approximate surface area is 149 Å². The number of hydrogen-bond acceptors (Lipinski definition) is 5. The van der Waals surface area contributed by atoms with Crippen LogP contribution >= 0.6 is 23.2 Å². The molecule has 0 spiro atoms. The number of pyridine rings is 1. The van der Waals surface area contributed by atoms with Gasteiger partial charge in [-0.3, -0.25) is 4.79 Å². The summed E-state index contributed by atoms with van der Waals surface area (Å²) in [7, 11) is 0. The van der Waals surface area contributed by atoms with Gasteiger partial charge >= 0.3 is 5.97 Å². The minimum Gasteiger partial charge on any atom is -0.452 e. The van der Waals surface area contributed by atoms with Crippen molar-refractivity contribution in [1.29, 1.82) is 0 Å². The molecule has 7 heteroatoms. The van der Waals surface area contributed by atoms with Crippen LogP contribution < -0.4 is 9.47 Å². The van der Waals surface area contributed by atoms with Gasteiger partial charge in [-0.15, -0.1) is 0 Å². The van der Waals surface area contributed by atoms with Crippen LogP contribution in [0.4, 0.5) is 0 Å². The van der Waals surface area contributed by atoms with E-state index in [2.05, 4.69) is 17.0 Å². The Morgan fingerprint density at radius 3 is 2.58 bits per heavy atom. The van der Waals surface area contributed by atoms with Crippen LogP contribution in [0.2, 0.25) is 10.0 Å². The molecule has 0 fully saturated rings. The van der Waals surface area contributed by atoms with E-state index in [0.717, 1.165) is 0 Å². The van der Waals surface area contributed by atoms with E-state index in [1.54, 1.807) is 37.3 Å². The molecular formula is C17H13Cl2NO4. The van der Waals surface area contributed by atoms with E-state index in [-0.39, 0.29) is 18.5 Å². The molecule has 0 atom stereocenters. The Bertz CT molecular complexity index is 766. The molecule has 0 saturated carbocycles. The molecular weight excluding hydrogens is 353 g/mol. The second-order valence-corrected chi connectivity index (χ2v) is 5.25. The maximum Gasteiger partial charge on any atom is 0.306 e. The first kappa shape index (κ1) is 17.9. The molecule has 0 saturated heterocycles. The molecule has 1 heterocycles. The second kappa shape index (κ2) is 9.02. The Kier molecular flexibility index (Phi) is 6.74. The first-order valence-corrected chi connectivity index (χ1v) is 7.73. The first-order valence-electron chi connectivity index (χ1n) is 6.97. The highest BCUT2D eigenvalue weighted by Gasteiger charge is 2.06. The zero-order valence-electron chi connectivity index (χ0n) is 12.7. The van der Waals surface area contributed by atoms with E-state index in [1.165, 1.54) is 6.20 Å². The molecule has 124 valence electrons. The average Bonchev–Trinajstić information content (AvgIpc) is 2.58. The summed E-state index contributed by atoms with van der Waals surface area (Å²) in [6.07, 6.45) is 4.21. The molecule has 1 aromatic heterocycles. The summed E-state index contributed by atoms with van der Waals surface area (Å²) in [4.78, 5) is 14.9. The average molecular weight is 366 g/mol. The predicted octanol–water partition coefficient (Wildman–Crippen LogP) is 4.47. The van der Waals surface area contributed by atoms with Gasteiger partial charge < -0.3 is 14.2 Å². The zero-order valence-corrected chi connectivity index (χ0v) is 14.2. The van der Waals surface area contributed by atoms with Crippen LogP contribution in [0.15, 0.2) is 36.5 Å². The van der Waals surface area contributed by atoms with Crippen molar-refractivity contribution < 1.29 is 19.0 Å². The van der Waals surface area contributed by atoms with Gasteiger partial charge in [-0.1, -0.05) is 30.1 Å². The number of hydrogen-bond donors (Lipinski definition) is 0. The molecule has 2 rings (SSSR count). The Morgan fingerprint density at radius 1 is 1.21 bits per heavy atom. The smallest absolute Gasteiger partial charge is 0.306 e. The fraction of sp³-hybridized carbons (Fsp3) is 0.176. The number of carbonyl (C=O) groups excluding carboxylic acids is 1. The van der Waals surface area contributed by atoms with Gasteiger partial charge in [0.25, 0.3) is 0 Å². The topological polar surface area (TPSA) is 57.7 Å². The van der Waals surface area contributed by atoms with Crippen LogP contribution in [0.3, 0.4) is 0 Å². The lowest BCUT2D eigenvalue weighted by molar-refractivity contribution is -0.141. The summed E-state index contributed by atoms with van der Waals surface area (Å²) < 4.78 is 15.5. The molecule has 2 aromatic rings. The number of ether oxygens (including phenoxy) is 3. The summed E-state index contributed by atoms with van der Waals surface area (Å²) >= 11 is 11.8. The maximum absolute atomic E-state index is 10.9. The third-order valence-electron chi connectivity index (χ3n) is 2.65. The van der Waals surface area contributed by atoms with Crippen molar-refractivity contribution in [2.75, 3.05) is 6.61 Å². The summed E-state index contributed by atoms with van der Waals surface area (Å²) in [5.41, 5.74) is 0. The lowest BCUT2D eigenvalue weighted by Crippen LogP contribution is -2.02. The number of nitrogens with zero attached hydrogens (tertiary/aromatic N) is 1. The third kappa shape index (κ3) is 5.65. The maximum atomic E-state index is 10.9. The number of aromatic nitrogens is 1. The Morgan fingerprint density at radius 2 is 1.92 bits per heavy atom. The monoisotopic (exact) mass is 365 g/mol. The van der Waals surface area contributed by atoms with Crippen LogP contribution in [0, 0.1) is 12.0 Å². The summed E-state index contributed by atoms with van der Waals surface area (Å²) in [6.45, 7) is 1.71. The summed E-state index contributed by atoms with van der Waals surface area (Å²) in [5.74, 6) is 3.58. The number of rotatable bonds is 5. The van der Waals surface area contributed by atoms with Crippen molar-refractivity contribution in [2.24, 2.45) is 0 Å². The lowest BCUT2D eigenvalue weighted by Gasteiger charge is -2.06. The molecule has 0 aliphatic rings. The van der Waals surface area contributed by atoms with Crippen molar-refractivity contribution in [2.45, 2.75) is 13.3 Å². The highest BCUT2D eigenvalue weighted by Crippen LogP contribution is 2.29. The molecule has 0 amide bonds. The van der Waals surface area contributed by atoms with Crippen molar-refractivity contribution in [1.82, 2.24) is 4.98 Å². The number of esters is 1. The van der Waals surface area contributed by atoms with Gasteiger partial charge in [0, 0.05) is 12.6 Å². The minimum absolute atomic E-state index is 0.00535. The molecule has 24 heavy (non-hydrogen) atoms. The van der Waals surface area contributed by atoms with Crippen LogP contribution in [0.5, 0.6) is 17.4 Å². The molecule has 0 bridgehead atoms. The molecule has 5 nitrogen and oxygen atoms in total. The van der Waals surface area contributed by atoms with Gasteiger partial charge in [0.1, 0.15) is 22.6 Å². The normalized spacial score (nSPS) is 9.62. The molecule has 1 aromatic carbocycles. The van der Waals surface area contributed by atoms with Crippen LogP contribution in [-0.2, 0) is 9.53 Å². The predicted molar refractivity (Wildman–Crippen MR) is 90.4 cm³/mol. The van der Waals surface area contributed by atoms with Crippen LogP contribution in [0.25, 0.3) is 0 Å².